The van der Waals surface area contributed by atoms with Crippen molar-refractivity contribution in [1.29, 1.82) is 0 Å². The van der Waals surface area contributed by atoms with Crippen LogP contribution >= 0.6 is 0 Å². The molecule has 2 heterocycles. The maximum absolute atomic E-state index is 12.3. The zero-order chi connectivity index (χ0) is 14.9. The number of methoxy groups -OCH3 is 1. The van der Waals surface area contributed by atoms with Crippen molar-refractivity contribution in [2.75, 3.05) is 20.2 Å². The second kappa shape index (κ2) is 5.55. The van der Waals surface area contributed by atoms with Crippen LogP contribution in [0.4, 0.5) is 0 Å². The lowest BCUT2D eigenvalue weighted by molar-refractivity contribution is -0.00175. The SMILES string of the molecule is COC1CN(C(=O)c2cc(S(N)(=O)=O)c[nH]2)CCC1C. The van der Waals surface area contributed by atoms with Crippen LogP contribution in [0.15, 0.2) is 17.2 Å². The number of carbonyl (C=O) groups is 1. The first-order valence-corrected chi connectivity index (χ1v) is 7.91. The summed E-state index contributed by atoms with van der Waals surface area (Å²) in [6, 6.07) is 1.26. The maximum atomic E-state index is 12.3. The van der Waals surface area contributed by atoms with Gasteiger partial charge in [-0.15, -0.1) is 0 Å². The first-order chi connectivity index (χ1) is 9.32. The Kier molecular flexibility index (Phi) is 4.17. The molecule has 1 saturated heterocycles. The summed E-state index contributed by atoms with van der Waals surface area (Å²) in [4.78, 5) is 16.5. The number of hydrogen-bond donors (Lipinski definition) is 2. The molecule has 2 atom stereocenters. The quantitative estimate of drug-likeness (QED) is 0.829. The van der Waals surface area contributed by atoms with E-state index in [9.17, 15) is 13.2 Å². The molecule has 0 bridgehead atoms. The Hall–Kier alpha value is -1.38. The molecule has 0 aromatic carbocycles. The number of carbonyl (C=O) groups excluding carboxylic acids is 1. The lowest BCUT2D eigenvalue weighted by atomic mass is 9.95. The molecular weight excluding hydrogens is 282 g/mol. The van der Waals surface area contributed by atoms with Crippen molar-refractivity contribution in [1.82, 2.24) is 9.88 Å². The van der Waals surface area contributed by atoms with Crippen LogP contribution in [0.1, 0.15) is 23.8 Å². The van der Waals surface area contributed by atoms with Gasteiger partial charge in [-0.3, -0.25) is 4.79 Å². The predicted molar refractivity (Wildman–Crippen MR) is 72.6 cm³/mol. The van der Waals surface area contributed by atoms with Gasteiger partial charge >= 0.3 is 0 Å². The summed E-state index contributed by atoms with van der Waals surface area (Å²) in [5.41, 5.74) is 0.221. The Morgan fingerprint density at radius 1 is 1.55 bits per heavy atom. The number of nitrogens with two attached hydrogens (primary N) is 1. The van der Waals surface area contributed by atoms with Crippen LogP contribution in [0, 0.1) is 5.92 Å². The molecule has 3 N–H and O–H groups in total. The van der Waals surface area contributed by atoms with E-state index < -0.39 is 10.0 Å². The Morgan fingerprint density at radius 3 is 2.80 bits per heavy atom. The minimum absolute atomic E-state index is 0.000346. The van der Waals surface area contributed by atoms with E-state index in [1.165, 1.54) is 12.3 Å². The van der Waals surface area contributed by atoms with E-state index in [1.807, 2.05) is 0 Å². The minimum atomic E-state index is -3.80. The van der Waals surface area contributed by atoms with Gasteiger partial charge in [0, 0.05) is 26.4 Å². The molecule has 0 spiro atoms. The van der Waals surface area contributed by atoms with Crippen molar-refractivity contribution in [2.45, 2.75) is 24.3 Å². The first kappa shape index (κ1) is 15.0. The van der Waals surface area contributed by atoms with E-state index in [4.69, 9.17) is 9.88 Å². The molecule has 1 fully saturated rings. The number of piperidine rings is 1. The summed E-state index contributed by atoms with van der Waals surface area (Å²) in [5.74, 6) is 0.154. The minimum Gasteiger partial charge on any atom is -0.379 e. The highest BCUT2D eigenvalue weighted by molar-refractivity contribution is 7.89. The topological polar surface area (TPSA) is 105 Å². The fraction of sp³-hybridized carbons (Fsp3) is 0.583. The van der Waals surface area contributed by atoms with Gasteiger partial charge in [0.05, 0.1) is 11.0 Å². The van der Waals surface area contributed by atoms with Gasteiger partial charge in [0.15, 0.2) is 0 Å². The molecule has 7 nitrogen and oxygen atoms in total. The number of H-pyrrole nitrogens is 1. The van der Waals surface area contributed by atoms with Gasteiger partial charge in [-0.2, -0.15) is 0 Å². The third kappa shape index (κ3) is 3.02. The molecule has 20 heavy (non-hydrogen) atoms. The molecule has 0 aliphatic carbocycles. The number of likely N-dealkylation sites (tertiary alicyclic amines) is 1. The van der Waals surface area contributed by atoms with Gasteiger partial charge in [0.2, 0.25) is 10.0 Å². The molecule has 8 heteroatoms. The number of hydrogen-bond acceptors (Lipinski definition) is 4. The molecule has 1 aromatic heterocycles. The Labute approximate surface area is 118 Å². The lowest BCUT2D eigenvalue weighted by Gasteiger charge is -2.36. The van der Waals surface area contributed by atoms with Crippen molar-refractivity contribution in [2.24, 2.45) is 11.1 Å². The number of nitrogens with zero attached hydrogens (tertiary/aromatic N) is 1. The Balaban J connectivity index is 2.14. The van der Waals surface area contributed by atoms with E-state index in [0.717, 1.165) is 6.42 Å². The van der Waals surface area contributed by atoms with Crippen LogP contribution < -0.4 is 5.14 Å². The number of aromatic amines is 1. The molecule has 1 aliphatic heterocycles. The van der Waals surface area contributed by atoms with Crippen LogP contribution in [-0.4, -0.2) is 50.5 Å². The van der Waals surface area contributed by atoms with E-state index >= 15 is 0 Å². The number of sulfonamides is 1. The van der Waals surface area contributed by atoms with Gasteiger partial charge in [0.1, 0.15) is 5.69 Å². The predicted octanol–water partition coefficient (Wildman–Crippen LogP) is 0.159. The van der Waals surface area contributed by atoms with Crippen molar-refractivity contribution in [3.63, 3.8) is 0 Å². The summed E-state index contributed by atoms with van der Waals surface area (Å²) >= 11 is 0. The van der Waals surface area contributed by atoms with E-state index in [-0.39, 0.29) is 22.6 Å². The smallest absolute Gasteiger partial charge is 0.270 e. The Bertz CT molecular complexity index is 596. The zero-order valence-electron chi connectivity index (χ0n) is 11.5. The van der Waals surface area contributed by atoms with Crippen molar-refractivity contribution in [3.05, 3.63) is 18.0 Å². The van der Waals surface area contributed by atoms with Gasteiger partial charge in [0.25, 0.3) is 5.91 Å². The summed E-state index contributed by atoms with van der Waals surface area (Å²) < 4.78 is 27.8. The molecule has 1 amide bonds. The highest BCUT2D eigenvalue weighted by atomic mass is 32.2. The number of nitrogens with one attached hydrogen (secondary N) is 1. The average molecular weight is 301 g/mol. The second-order valence-electron chi connectivity index (χ2n) is 5.09. The third-order valence-electron chi connectivity index (χ3n) is 3.69. The molecule has 0 saturated carbocycles. The molecular formula is C12H19N3O4S. The summed E-state index contributed by atoms with van der Waals surface area (Å²) in [6.45, 7) is 3.22. The van der Waals surface area contributed by atoms with Crippen molar-refractivity contribution < 1.29 is 17.9 Å². The van der Waals surface area contributed by atoms with E-state index in [0.29, 0.717) is 19.0 Å². The normalized spacial score (nSPS) is 23.9. The van der Waals surface area contributed by atoms with E-state index in [2.05, 4.69) is 11.9 Å². The molecule has 112 valence electrons. The number of aromatic nitrogens is 1. The number of rotatable bonds is 3. The van der Waals surface area contributed by atoms with E-state index in [1.54, 1.807) is 12.0 Å². The second-order valence-corrected chi connectivity index (χ2v) is 6.65. The number of primary sulfonamides is 1. The van der Waals surface area contributed by atoms with Crippen LogP contribution in [0.25, 0.3) is 0 Å². The van der Waals surface area contributed by atoms with Crippen LogP contribution in [0.3, 0.4) is 0 Å². The third-order valence-corrected chi connectivity index (χ3v) is 4.59. The van der Waals surface area contributed by atoms with Crippen LogP contribution in [-0.2, 0) is 14.8 Å². The van der Waals surface area contributed by atoms with Crippen molar-refractivity contribution >= 4 is 15.9 Å². The zero-order valence-corrected chi connectivity index (χ0v) is 12.3. The maximum Gasteiger partial charge on any atom is 0.270 e. The summed E-state index contributed by atoms with van der Waals surface area (Å²) in [5, 5.41) is 5.02. The summed E-state index contributed by atoms with van der Waals surface area (Å²) in [7, 11) is -2.17. The summed E-state index contributed by atoms with van der Waals surface area (Å²) in [6.07, 6.45) is 2.08. The molecule has 2 unspecified atom stereocenters. The molecule has 1 aromatic rings. The molecule has 0 radical (unpaired) electrons. The largest absolute Gasteiger partial charge is 0.379 e. The van der Waals surface area contributed by atoms with Gasteiger partial charge in [-0.05, 0) is 18.4 Å². The highest BCUT2D eigenvalue weighted by Gasteiger charge is 2.30. The highest BCUT2D eigenvalue weighted by Crippen LogP contribution is 2.21. The standard InChI is InChI=1S/C12H19N3O4S/c1-8-3-4-15(7-11(8)19-2)12(16)10-5-9(6-14-10)20(13,17)18/h5-6,8,11,14H,3-4,7H2,1-2H3,(H2,13,17,18). The fourth-order valence-electron chi connectivity index (χ4n) is 2.36. The average Bonchev–Trinajstić information content (AvgIpc) is 2.88. The Morgan fingerprint density at radius 2 is 2.25 bits per heavy atom. The number of ether oxygens (including phenoxy) is 1. The fourth-order valence-corrected chi connectivity index (χ4v) is 2.86. The first-order valence-electron chi connectivity index (χ1n) is 6.36. The van der Waals surface area contributed by atoms with Gasteiger partial charge in [-0.25, -0.2) is 13.6 Å². The van der Waals surface area contributed by atoms with Gasteiger partial charge < -0.3 is 14.6 Å². The lowest BCUT2D eigenvalue weighted by Crippen LogP contribution is -2.46. The van der Waals surface area contributed by atoms with Crippen molar-refractivity contribution in [3.8, 4) is 0 Å². The monoisotopic (exact) mass is 301 g/mol. The molecule has 2 rings (SSSR count). The van der Waals surface area contributed by atoms with Crippen LogP contribution in [0.5, 0.6) is 0 Å². The molecule has 1 aliphatic rings. The van der Waals surface area contributed by atoms with Gasteiger partial charge in [-0.1, -0.05) is 6.92 Å². The van der Waals surface area contributed by atoms with Crippen LogP contribution in [0.2, 0.25) is 0 Å². The number of amides is 1.